The second-order valence-corrected chi connectivity index (χ2v) is 9.79. The number of thiazole rings is 1. The van der Waals surface area contributed by atoms with Crippen molar-refractivity contribution in [3.63, 3.8) is 0 Å². The normalized spacial score (nSPS) is 16.4. The Bertz CT molecular complexity index is 802. The Labute approximate surface area is 167 Å². The number of thioether (sulfide) groups is 1. The van der Waals surface area contributed by atoms with Crippen molar-refractivity contribution in [2.24, 2.45) is 0 Å². The molecule has 0 unspecified atom stereocenters. The fourth-order valence-corrected chi connectivity index (χ4v) is 4.70. The molecule has 0 bridgehead atoms. The van der Waals surface area contributed by atoms with Gasteiger partial charge in [0.15, 0.2) is 10.3 Å². The second-order valence-electron chi connectivity index (χ2n) is 7.10. The monoisotopic (exact) mass is 408 g/mol. The molecule has 0 saturated carbocycles. The number of hydrogen-bond acceptors (Lipinski definition) is 8. The van der Waals surface area contributed by atoms with Gasteiger partial charge in [-0.1, -0.05) is 34.7 Å². The lowest BCUT2D eigenvalue weighted by atomic mass is 10.0. The highest BCUT2D eigenvalue weighted by Crippen LogP contribution is 2.32. The molecule has 0 amide bonds. The largest absolute Gasteiger partial charge is 0.316 e. The van der Waals surface area contributed by atoms with Crippen molar-refractivity contribution in [1.82, 2.24) is 19.9 Å². The zero-order chi connectivity index (χ0) is 18.7. The maximum atomic E-state index is 8.90. The lowest BCUT2D eigenvalue weighted by molar-refractivity contribution is 0.113. The quantitative estimate of drug-likeness (QED) is 0.586. The first kappa shape index (κ1) is 19.4. The van der Waals surface area contributed by atoms with Crippen LogP contribution in [0.1, 0.15) is 38.5 Å². The molecule has 1 aliphatic heterocycles. The third-order valence-corrected chi connectivity index (χ3v) is 6.40. The molecule has 3 heterocycles. The fourth-order valence-electron chi connectivity index (χ4n) is 2.80. The summed E-state index contributed by atoms with van der Waals surface area (Å²) in [7, 11) is 0. The Morgan fingerprint density at radius 3 is 2.69 bits per heavy atom. The van der Waals surface area contributed by atoms with Gasteiger partial charge < -0.3 is 5.32 Å². The molecule has 2 aromatic heterocycles. The fraction of sp³-hybridized carbons (Fsp3) is 0.529. The van der Waals surface area contributed by atoms with E-state index in [1.165, 1.54) is 17.5 Å². The van der Waals surface area contributed by atoms with Crippen LogP contribution in [0.15, 0.2) is 17.4 Å². The molecule has 2 aromatic rings. The van der Waals surface area contributed by atoms with Gasteiger partial charge in [0, 0.05) is 16.9 Å². The average molecular weight is 409 g/mol. The first-order chi connectivity index (χ1) is 12.3. The molecule has 0 aliphatic carbocycles. The molecule has 1 fully saturated rings. The summed E-state index contributed by atoms with van der Waals surface area (Å²) in [6.45, 7) is 8.95. The number of rotatable bonds is 4. The van der Waals surface area contributed by atoms with Crippen LogP contribution >= 0.6 is 34.7 Å². The van der Waals surface area contributed by atoms with Gasteiger partial charge in [0.2, 0.25) is 0 Å². The molecule has 0 aromatic carbocycles. The maximum absolute atomic E-state index is 8.90. The Hall–Kier alpha value is -1.40. The van der Waals surface area contributed by atoms with Gasteiger partial charge in [0.25, 0.3) is 0 Å². The summed E-state index contributed by atoms with van der Waals surface area (Å²) in [5.74, 6) is 0.596. The Morgan fingerprint density at radius 1 is 1.35 bits per heavy atom. The highest BCUT2D eigenvalue weighted by Gasteiger charge is 2.27. The van der Waals surface area contributed by atoms with Gasteiger partial charge in [-0.2, -0.15) is 5.26 Å². The topological polar surface area (TPSA) is 77.7 Å². The van der Waals surface area contributed by atoms with Crippen molar-refractivity contribution < 1.29 is 0 Å². The number of anilines is 2. The maximum Gasteiger partial charge on any atom is 0.191 e. The molecular formula is C17H21ClN6S2. The number of halogens is 1. The zero-order valence-corrected chi connectivity index (χ0v) is 17.4. The lowest BCUT2D eigenvalue weighted by Crippen LogP contribution is -2.46. The van der Waals surface area contributed by atoms with E-state index in [9.17, 15) is 0 Å². The molecule has 0 radical (unpaired) electrons. The van der Waals surface area contributed by atoms with Crippen LogP contribution in [0.5, 0.6) is 0 Å². The minimum atomic E-state index is 0.218. The smallest absolute Gasteiger partial charge is 0.191 e. The van der Waals surface area contributed by atoms with Gasteiger partial charge in [0.05, 0.1) is 6.20 Å². The van der Waals surface area contributed by atoms with E-state index in [1.54, 1.807) is 17.8 Å². The SMILES string of the molecule is CC(C)(C)N1CCC(Sc2nc(Cl)cc(Nc3ncc(C#N)s3)n2)CC1. The number of piperidine rings is 1. The summed E-state index contributed by atoms with van der Waals surface area (Å²) in [5.41, 5.74) is 0.218. The average Bonchev–Trinajstić information content (AvgIpc) is 3.01. The van der Waals surface area contributed by atoms with Crippen LogP contribution in [0.2, 0.25) is 5.15 Å². The van der Waals surface area contributed by atoms with Gasteiger partial charge in [-0.25, -0.2) is 15.0 Å². The predicted molar refractivity (Wildman–Crippen MR) is 107 cm³/mol. The second kappa shape index (κ2) is 8.09. The standard InChI is InChI=1S/C17H21ClN6S2/c1-17(2,3)24-6-4-11(5-7-24)25-16-21-13(18)8-14(23-16)22-15-20-10-12(9-19)26-15/h8,10-11H,4-7H2,1-3H3,(H,20,21,22,23). The molecule has 0 spiro atoms. The van der Waals surface area contributed by atoms with Crippen LogP contribution in [0.4, 0.5) is 10.9 Å². The molecule has 9 heteroatoms. The summed E-state index contributed by atoms with van der Waals surface area (Å²) in [6, 6.07) is 3.74. The predicted octanol–water partition coefficient (Wildman–Crippen LogP) is 4.56. The first-order valence-electron chi connectivity index (χ1n) is 8.43. The molecular weight excluding hydrogens is 388 g/mol. The van der Waals surface area contributed by atoms with Crippen molar-refractivity contribution >= 4 is 45.6 Å². The van der Waals surface area contributed by atoms with E-state index in [0.29, 0.717) is 31.4 Å². The minimum absolute atomic E-state index is 0.218. The van der Waals surface area contributed by atoms with Crippen LogP contribution in [-0.4, -0.2) is 43.7 Å². The van der Waals surface area contributed by atoms with Crippen LogP contribution in [0.25, 0.3) is 0 Å². The molecule has 1 N–H and O–H groups in total. The van der Waals surface area contributed by atoms with E-state index in [1.807, 2.05) is 0 Å². The Morgan fingerprint density at radius 2 is 2.08 bits per heavy atom. The molecule has 0 atom stereocenters. The van der Waals surface area contributed by atoms with Gasteiger partial charge in [-0.15, -0.1) is 0 Å². The summed E-state index contributed by atoms with van der Waals surface area (Å²) >= 11 is 9.13. The van der Waals surface area contributed by atoms with Crippen LogP contribution in [-0.2, 0) is 0 Å². The van der Waals surface area contributed by atoms with Gasteiger partial charge in [0.1, 0.15) is 21.9 Å². The third kappa shape index (κ3) is 5.07. The number of nitriles is 1. The summed E-state index contributed by atoms with van der Waals surface area (Å²) in [5, 5.41) is 14.2. The Kier molecular flexibility index (Phi) is 6.03. The molecule has 1 saturated heterocycles. The van der Waals surface area contributed by atoms with Crippen LogP contribution in [0, 0.1) is 11.3 Å². The Balaban J connectivity index is 1.64. The zero-order valence-electron chi connectivity index (χ0n) is 15.0. The number of hydrogen-bond donors (Lipinski definition) is 1. The van der Waals surface area contributed by atoms with Gasteiger partial charge in [-0.3, -0.25) is 4.90 Å². The third-order valence-electron chi connectivity index (χ3n) is 4.19. The highest BCUT2D eigenvalue weighted by atomic mass is 35.5. The van der Waals surface area contributed by atoms with E-state index in [-0.39, 0.29) is 5.54 Å². The minimum Gasteiger partial charge on any atom is -0.316 e. The van der Waals surface area contributed by atoms with Crippen molar-refractivity contribution in [2.45, 2.75) is 49.6 Å². The van der Waals surface area contributed by atoms with E-state index >= 15 is 0 Å². The molecule has 138 valence electrons. The first-order valence-corrected chi connectivity index (χ1v) is 10.5. The highest BCUT2D eigenvalue weighted by molar-refractivity contribution is 7.99. The molecule has 6 nitrogen and oxygen atoms in total. The van der Waals surface area contributed by atoms with E-state index < -0.39 is 0 Å². The number of aromatic nitrogens is 3. The summed E-state index contributed by atoms with van der Waals surface area (Å²) < 4.78 is 0. The molecule has 1 aliphatic rings. The molecule has 26 heavy (non-hydrogen) atoms. The van der Waals surface area contributed by atoms with E-state index in [4.69, 9.17) is 16.9 Å². The van der Waals surface area contributed by atoms with Crippen molar-refractivity contribution in [2.75, 3.05) is 18.4 Å². The summed E-state index contributed by atoms with van der Waals surface area (Å²) in [4.78, 5) is 16.1. The molecule has 3 rings (SSSR count). The van der Waals surface area contributed by atoms with Gasteiger partial charge >= 0.3 is 0 Å². The van der Waals surface area contributed by atoms with E-state index in [2.05, 4.69) is 52.0 Å². The van der Waals surface area contributed by atoms with Crippen molar-refractivity contribution in [3.8, 4) is 6.07 Å². The van der Waals surface area contributed by atoms with Crippen LogP contribution in [0.3, 0.4) is 0 Å². The number of nitrogens with one attached hydrogen (secondary N) is 1. The van der Waals surface area contributed by atoms with Crippen molar-refractivity contribution in [1.29, 1.82) is 5.26 Å². The summed E-state index contributed by atoms with van der Waals surface area (Å²) in [6.07, 6.45) is 3.76. The van der Waals surface area contributed by atoms with Gasteiger partial charge in [-0.05, 0) is 46.7 Å². The van der Waals surface area contributed by atoms with Crippen molar-refractivity contribution in [3.05, 3.63) is 22.3 Å². The lowest BCUT2D eigenvalue weighted by Gasteiger charge is -2.40. The number of likely N-dealkylation sites (tertiary alicyclic amines) is 1. The van der Waals surface area contributed by atoms with E-state index in [0.717, 1.165) is 25.9 Å². The van der Waals surface area contributed by atoms with Crippen LogP contribution < -0.4 is 5.32 Å². The number of nitrogens with zero attached hydrogens (tertiary/aromatic N) is 5.